The van der Waals surface area contributed by atoms with E-state index in [9.17, 15) is 4.79 Å². The predicted octanol–water partition coefficient (Wildman–Crippen LogP) is 4.49. The number of carbonyl (C=O) groups excluding carboxylic acids is 1. The maximum Gasteiger partial charge on any atom is 0.235 e. The van der Waals surface area contributed by atoms with Crippen molar-refractivity contribution < 1.29 is 4.79 Å². The van der Waals surface area contributed by atoms with Crippen LogP contribution in [0, 0.1) is 0 Å². The normalized spacial score (nSPS) is 16.7. The minimum absolute atomic E-state index is 0.146. The molecule has 1 aliphatic rings. The average molecular weight is 358 g/mol. The number of para-hydroxylation sites is 2. The van der Waals surface area contributed by atoms with Crippen LogP contribution in [0.4, 0.5) is 0 Å². The van der Waals surface area contributed by atoms with E-state index >= 15 is 0 Å². The largest absolute Gasteiger partial charge is 0.342 e. The van der Waals surface area contributed by atoms with Gasteiger partial charge in [0.15, 0.2) is 5.16 Å². The number of aromatic nitrogens is 2. The van der Waals surface area contributed by atoms with Gasteiger partial charge in [0.1, 0.15) is 0 Å². The Hall–Kier alpha value is -1.75. The summed E-state index contributed by atoms with van der Waals surface area (Å²) in [7, 11) is 1.96. The number of rotatable bonds is 6. The summed E-state index contributed by atoms with van der Waals surface area (Å²) in [4.78, 5) is 19.6. The zero-order chi connectivity index (χ0) is 17.8. The molecule has 25 heavy (non-hydrogen) atoms. The topological polar surface area (TPSA) is 38.1 Å². The van der Waals surface area contributed by atoms with Gasteiger partial charge in [-0.3, -0.25) is 4.79 Å². The molecular weight excluding hydrogens is 330 g/mol. The molecular formula is C20H27N3OS. The quantitative estimate of drug-likeness (QED) is 0.564. The van der Waals surface area contributed by atoms with E-state index in [4.69, 9.17) is 4.98 Å². The molecule has 1 heterocycles. The number of nitrogens with zero attached hydrogens (tertiary/aromatic N) is 3. The molecule has 0 aliphatic heterocycles. The maximum atomic E-state index is 12.9. The third kappa shape index (κ3) is 3.92. The highest BCUT2D eigenvalue weighted by atomic mass is 32.2. The van der Waals surface area contributed by atoms with Crippen LogP contribution in [0.5, 0.6) is 0 Å². The molecule has 0 spiro atoms. The zero-order valence-corrected chi connectivity index (χ0v) is 16.0. The van der Waals surface area contributed by atoms with Crippen molar-refractivity contribution in [1.82, 2.24) is 14.5 Å². The van der Waals surface area contributed by atoms with Crippen LogP contribution in [-0.2, 0) is 11.3 Å². The van der Waals surface area contributed by atoms with E-state index in [1.807, 2.05) is 43.1 Å². The molecule has 1 amide bonds. The zero-order valence-electron chi connectivity index (χ0n) is 15.1. The summed E-state index contributed by atoms with van der Waals surface area (Å²) in [6, 6.07) is 8.49. The van der Waals surface area contributed by atoms with Crippen molar-refractivity contribution >= 4 is 28.7 Å². The standard InChI is InChI=1S/C20H27N3OS/c1-4-14-23-18-13-9-8-12-17(18)21-20(23)25-15(2)19(24)22(3)16-10-6-5-7-11-16/h4,8-9,12-13,15-16H,1,5-7,10-11,14H2,2-3H3. The van der Waals surface area contributed by atoms with Crippen LogP contribution in [0.3, 0.4) is 0 Å². The van der Waals surface area contributed by atoms with Crippen molar-refractivity contribution in [2.24, 2.45) is 0 Å². The minimum atomic E-state index is -0.146. The Labute approximate surface area is 154 Å². The first-order valence-corrected chi connectivity index (χ1v) is 9.99. The minimum Gasteiger partial charge on any atom is -0.342 e. The molecule has 1 aromatic carbocycles. The van der Waals surface area contributed by atoms with Crippen molar-refractivity contribution in [2.45, 2.75) is 62.0 Å². The molecule has 1 atom stereocenters. The molecule has 0 radical (unpaired) electrons. The van der Waals surface area contributed by atoms with Crippen LogP contribution in [0.1, 0.15) is 39.0 Å². The molecule has 0 bridgehead atoms. The highest BCUT2D eigenvalue weighted by molar-refractivity contribution is 8.00. The van der Waals surface area contributed by atoms with E-state index < -0.39 is 0 Å². The van der Waals surface area contributed by atoms with Gasteiger partial charge in [-0.05, 0) is 31.9 Å². The molecule has 1 fully saturated rings. The fraction of sp³-hybridized carbons (Fsp3) is 0.500. The molecule has 134 valence electrons. The van der Waals surface area contributed by atoms with Crippen molar-refractivity contribution in [3.05, 3.63) is 36.9 Å². The predicted molar refractivity (Wildman–Crippen MR) is 105 cm³/mol. The summed E-state index contributed by atoms with van der Waals surface area (Å²) in [5.74, 6) is 0.203. The number of fused-ring (bicyclic) bond motifs is 1. The second-order valence-corrected chi connectivity index (χ2v) is 8.09. The summed E-state index contributed by atoms with van der Waals surface area (Å²) < 4.78 is 2.14. The van der Waals surface area contributed by atoms with Gasteiger partial charge in [-0.1, -0.05) is 49.2 Å². The third-order valence-corrected chi connectivity index (χ3v) is 6.11. The highest BCUT2D eigenvalue weighted by Gasteiger charge is 2.27. The van der Waals surface area contributed by atoms with E-state index in [2.05, 4.69) is 17.2 Å². The fourth-order valence-corrected chi connectivity index (χ4v) is 4.63. The van der Waals surface area contributed by atoms with Crippen molar-refractivity contribution in [3.8, 4) is 0 Å². The van der Waals surface area contributed by atoms with Crippen LogP contribution >= 0.6 is 11.8 Å². The average Bonchev–Trinajstić information content (AvgIpc) is 2.99. The number of benzene rings is 1. The Morgan fingerprint density at radius 3 is 2.84 bits per heavy atom. The molecule has 0 N–H and O–H groups in total. The van der Waals surface area contributed by atoms with E-state index in [1.165, 1.54) is 19.3 Å². The maximum absolute atomic E-state index is 12.9. The van der Waals surface area contributed by atoms with Crippen molar-refractivity contribution in [3.63, 3.8) is 0 Å². The van der Waals surface area contributed by atoms with Crippen LogP contribution < -0.4 is 0 Å². The number of imidazole rings is 1. The molecule has 2 aromatic rings. The lowest BCUT2D eigenvalue weighted by molar-refractivity contribution is -0.131. The smallest absolute Gasteiger partial charge is 0.235 e. The first-order chi connectivity index (χ1) is 12.1. The monoisotopic (exact) mass is 357 g/mol. The second kappa shape index (κ2) is 8.09. The van der Waals surface area contributed by atoms with Crippen LogP contribution in [-0.4, -0.2) is 38.7 Å². The van der Waals surface area contributed by atoms with E-state index in [0.717, 1.165) is 29.0 Å². The summed E-state index contributed by atoms with van der Waals surface area (Å²) in [5, 5.41) is 0.742. The lowest BCUT2D eigenvalue weighted by Crippen LogP contribution is -2.42. The summed E-state index contributed by atoms with van der Waals surface area (Å²) in [5.41, 5.74) is 2.05. The number of hydrogen-bond acceptors (Lipinski definition) is 3. The van der Waals surface area contributed by atoms with Gasteiger partial charge in [-0.2, -0.15) is 0 Å². The highest BCUT2D eigenvalue weighted by Crippen LogP contribution is 2.29. The first-order valence-electron chi connectivity index (χ1n) is 9.11. The number of carbonyl (C=O) groups is 1. The molecule has 4 nitrogen and oxygen atoms in total. The van der Waals surface area contributed by atoms with E-state index in [-0.39, 0.29) is 11.2 Å². The van der Waals surface area contributed by atoms with Crippen LogP contribution in [0.15, 0.2) is 42.1 Å². The van der Waals surface area contributed by atoms with E-state index in [1.54, 1.807) is 11.8 Å². The molecule has 1 aliphatic carbocycles. The van der Waals surface area contributed by atoms with Crippen LogP contribution in [0.2, 0.25) is 0 Å². The lowest BCUT2D eigenvalue weighted by atomic mass is 9.94. The number of allylic oxidation sites excluding steroid dienone is 1. The molecule has 1 aromatic heterocycles. The first kappa shape index (κ1) is 18.1. The SMILES string of the molecule is C=CCn1c(SC(C)C(=O)N(C)C2CCCCC2)nc2ccccc21. The van der Waals surface area contributed by atoms with E-state index in [0.29, 0.717) is 12.6 Å². The summed E-state index contributed by atoms with van der Waals surface area (Å²) in [6.45, 7) is 6.54. The molecule has 1 saturated carbocycles. The Balaban J connectivity index is 1.76. The van der Waals surface area contributed by atoms with Gasteiger partial charge < -0.3 is 9.47 Å². The van der Waals surface area contributed by atoms with Gasteiger partial charge in [0.05, 0.1) is 16.3 Å². The van der Waals surface area contributed by atoms with Gasteiger partial charge in [0.25, 0.3) is 0 Å². The van der Waals surface area contributed by atoms with Gasteiger partial charge in [0.2, 0.25) is 5.91 Å². The van der Waals surface area contributed by atoms with Gasteiger partial charge in [-0.15, -0.1) is 6.58 Å². The van der Waals surface area contributed by atoms with Gasteiger partial charge in [0, 0.05) is 19.6 Å². The van der Waals surface area contributed by atoms with Crippen molar-refractivity contribution in [2.75, 3.05) is 7.05 Å². The molecule has 1 unspecified atom stereocenters. The van der Waals surface area contributed by atoms with Gasteiger partial charge >= 0.3 is 0 Å². The Bertz CT molecular complexity index is 748. The number of amides is 1. The summed E-state index contributed by atoms with van der Waals surface area (Å²) in [6.07, 6.45) is 7.91. The molecule has 0 saturated heterocycles. The second-order valence-electron chi connectivity index (χ2n) is 6.78. The number of hydrogen-bond donors (Lipinski definition) is 0. The fourth-order valence-electron chi connectivity index (χ4n) is 3.59. The Kier molecular flexibility index (Phi) is 5.84. The van der Waals surface area contributed by atoms with Crippen molar-refractivity contribution in [1.29, 1.82) is 0 Å². The molecule has 5 heteroatoms. The Morgan fingerprint density at radius 2 is 2.12 bits per heavy atom. The van der Waals surface area contributed by atoms with Gasteiger partial charge in [-0.25, -0.2) is 4.98 Å². The third-order valence-electron chi connectivity index (χ3n) is 5.03. The molecule has 3 rings (SSSR count). The number of thioether (sulfide) groups is 1. The lowest BCUT2D eigenvalue weighted by Gasteiger charge is -2.32. The van der Waals surface area contributed by atoms with Crippen LogP contribution in [0.25, 0.3) is 11.0 Å². The Morgan fingerprint density at radius 1 is 1.40 bits per heavy atom. The summed E-state index contributed by atoms with van der Waals surface area (Å²) >= 11 is 1.55.